The zero-order valence-corrected chi connectivity index (χ0v) is 13.6. The second-order valence-electron chi connectivity index (χ2n) is 7.09. The van der Waals surface area contributed by atoms with Crippen LogP contribution in [0.5, 0.6) is 0 Å². The smallest absolute Gasteiger partial charge is 0.115 e. The molecule has 2 aromatic rings. The largest absolute Gasteiger partial charge is 0.380 e. The number of hydrogen-bond donors (Lipinski definition) is 1. The molecule has 0 aliphatic carbocycles. The van der Waals surface area contributed by atoms with Gasteiger partial charge in [-0.1, -0.05) is 60.7 Å². The maximum atomic E-state index is 11.7. The molecule has 1 N–H and O–H groups in total. The molecule has 0 spiro atoms. The van der Waals surface area contributed by atoms with Crippen molar-refractivity contribution in [2.45, 2.75) is 37.3 Å². The SMILES string of the molecule is OC(C[C@H]1CCN2CCC[C@H]12)(c1ccccc1)c1ccccc1. The van der Waals surface area contributed by atoms with E-state index in [0.29, 0.717) is 12.0 Å². The van der Waals surface area contributed by atoms with E-state index in [1.807, 2.05) is 36.4 Å². The topological polar surface area (TPSA) is 23.5 Å². The van der Waals surface area contributed by atoms with Crippen LogP contribution in [0.3, 0.4) is 0 Å². The molecule has 0 amide bonds. The lowest BCUT2D eigenvalue weighted by Gasteiger charge is -2.34. The molecule has 2 aliphatic rings. The predicted molar refractivity (Wildman–Crippen MR) is 93.2 cm³/mol. The maximum absolute atomic E-state index is 11.7. The number of nitrogens with zero attached hydrogens (tertiary/aromatic N) is 1. The summed E-state index contributed by atoms with van der Waals surface area (Å²) in [6.07, 6.45) is 4.65. The van der Waals surface area contributed by atoms with Crippen molar-refractivity contribution in [2.24, 2.45) is 5.92 Å². The molecule has 23 heavy (non-hydrogen) atoms. The van der Waals surface area contributed by atoms with Crippen molar-refractivity contribution in [2.75, 3.05) is 13.1 Å². The highest BCUT2D eigenvalue weighted by molar-refractivity contribution is 5.36. The van der Waals surface area contributed by atoms with E-state index < -0.39 is 5.60 Å². The van der Waals surface area contributed by atoms with E-state index in [0.717, 1.165) is 17.5 Å². The van der Waals surface area contributed by atoms with Crippen LogP contribution in [0.1, 0.15) is 36.8 Å². The highest BCUT2D eigenvalue weighted by atomic mass is 16.3. The highest BCUT2D eigenvalue weighted by Crippen LogP contribution is 2.43. The first-order valence-electron chi connectivity index (χ1n) is 8.85. The highest BCUT2D eigenvalue weighted by Gasteiger charge is 2.42. The Kier molecular flexibility index (Phi) is 3.96. The zero-order chi connectivity index (χ0) is 15.7. The van der Waals surface area contributed by atoms with Crippen LogP contribution in [0.2, 0.25) is 0 Å². The predicted octanol–water partition coefficient (Wildman–Crippen LogP) is 3.80. The van der Waals surface area contributed by atoms with Crippen LogP contribution in [-0.4, -0.2) is 29.1 Å². The molecule has 2 heterocycles. The summed E-state index contributed by atoms with van der Waals surface area (Å²) in [5, 5.41) is 11.7. The number of fused-ring (bicyclic) bond motifs is 1. The van der Waals surface area contributed by atoms with Crippen LogP contribution >= 0.6 is 0 Å². The Balaban J connectivity index is 1.69. The Bertz CT molecular complexity index is 600. The molecule has 0 aromatic heterocycles. The van der Waals surface area contributed by atoms with Crippen molar-refractivity contribution in [3.8, 4) is 0 Å². The van der Waals surface area contributed by atoms with Gasteiger partial charge in [0.15, 0.2) is 0 Å². The van der Waals surface area contributed by atoms with E-state index in [2.05, 4.69) is 29.2 Å². The maximum Gasteiger partial charge on any atom is 0.115 e. The lowest BCUT2D eigenvalue weighted by atomic mass is 9.77. The van der Waals surface area contributed by atoms with Gasteiger partial charge in [-0.2, -0.15) is 0 Å². The first-order valence-corrected chi connectivity index (χ1v) is 8.85. The third kappa shape index (κ3) is 2.71. The number of aliphatic hydroxyl groups is 1. The molecule has 2 heteroatoms. The van der Waals surface area contributed by atoms with Crippen molar-refractivity contribution in [3.05, 3.63) is 71.8 Å². The molecule has 2 aliphatic heterocycles. The van der Waals surface area contributed by atoms with Gasteiger partial charge < -0.3 is 10.0 Å². The molecular weight excluding hydrogens is 282 g/mol. The van der Waals surface area contributed by atoms with Gasteiger partial charge in [0.05, 0.1) is 0 Å². The molecule has 2 saturated heterocycles. The number of benzene rings is 2. The van der Waals surface area contributed by atoms with Gasteiger partial charge in [-0.05, 0) is 55.8 Å². The summed E-state index contributed by atoms with van der Waals surface area (Å²) in [5.74, 6) is 0.586. The van der Waals surface area contributed by atoms with Crippen LogP contribution in [0, 0.1) is 5.92 Å². The molecule has 2 nitrogen and oxygen atoms in total. The minimum absolute atomic E-state index is 0.586. The molecule has 2 aromatic carbocycles. The lowest BCUT2D eigenvalue weighted by Crippen LogP contribution is -2.34. The molecule has 4 rings (SSSR count). The summed E-state index contributed by atoms with van der Waals surface area (Å²) in [6, 6.07) is 21.1. The second-order valence-corrected chi connectivity index (χ2v) is 7.09. The van der Waals surface area contributed by atoms with Crippen molar-refractivity contribution < 1.29 is 5.11 Å². The standard InChI is InChI=1S/C21H25NO/c23-21(18-8-3-1-4-9-18,19-10-5-2-6-11-19)16-17-13-15-22-14-7-12-20(17)22/h1-6,8-11,17,20,23H,7,12-16H2/t17-,20-/m1/s1. The van der Waals surface area contributed by atoms with E-state index in [1.54, 1.807) is 0 Å². The molecule has 2 atom stereocenters. The summed E-state index contributed by atoms with van der Waals surface area (Å²) < 4.78 is 0. The summed E-state index contributed by atoms with van der Waals surface area (Å²) in [4.78, 5) is 2.63. The van der Waals surface area contributed by atoms with Crippen molar-refractivity contribution in [1.82, 2.24) is 4.90 Å². The molecule has 0 radical (unpaired) electrons. The number of hydrogen-bond acceptors (Lipinski definition) is 2. The first kappa shape index (κ1) is 14.9. The lowest BCUT2D eigenvalue weighted by molar-refractivity contribution is 0.0469. The quantitative estimate of drug-likeness (QED) is 0.929. The molecule has 0 bridgehead atoms. The monoisotopic (exact) mass is 307 g/mol. The normalized spacial score (nSPS) is 24.7. The van der Waals surface area contributed by atoms with Gasteiger partial charge in [-0.3, -0.25) is 0 Å². The third-order valence-corrected chi connectivity index (χ3v) is 5.81. The van der Waals surface area contributed by atoms with Gasteiger partial charge >= 0.3 is 0 Å². The van der Waals surface area contributed by atoms with Crippen molar-refractivity contribution in [1.29, 1.82) is 0 Å². The van der Waals surface area contributed by atoms with Crippen LogP contribution in [-0.2, 0) is 5.60 Å². The zero-order valence-electron chi connectivity index (χ0n) is 13.6. The Morgan fingerprint density at radius 3 is 2.09 bits per heavy atom. The third-order valence-electron chi connectivity index (χ3n) is 5.81. The molecule has 2 fully saturated rings. The second kappa shape index (κ2) is 6.10. The van der Waals surface area contributed by atoms with Crippen LogP contribution < -0.4 is 0 Å². The Morgan fingerprint density at radius 1 is 0.870 bits per heavy atom. The summed E-state index contributed by atoms with van der Waals surface area (Å²) in [6.45, 7) is 2.45. The fourth-order valence-electron chi connectivity index (χ4n) is 4.64. The minimum atomic E-state index is -0.883. The van der Waals surface area contributed by atoms with E-state index in [4.69, 9.17) is 0 Å². The fraction of sp³-hybridized carbons (Fsp3) is 0.429. The summed E-state index contributed by atoms with van der Waals surface area (Å²) in [5.41, 5.74) is 1.15. The first-order chi connectivity index (χ1) is 11.3. The van der Waals surface area contributed by atoms with Gasteiger partial charge in [-0.15, -0.1) is 0 Å². The molecule has 120 valence electrons. The average Bonchev–Trinajstić information content (AvgIpc) is 3.21. The summed E-state index contributed by atoms with van der Waals surface area (Å²) in [7, 11) is 0. The van der Waals surface area contributed by atoms with Crippen molar-refractivity contribution in [3.63, 3.8) is 0 Å². The van der Waals surface area contributed by atoms with Gasteiger partial charge in [0, 0.05) is 6.04 Å². The van der Waals surface area contributed by atoms with Crippen LogP contribution in [0.25, 0.3) is 0 Å². The minimum Gasteiger partial charge on any atom is -0.380 e. The van der Waals surface area contributed by atoms with E-state index >= 15 is 0 Å². The van der Waals surface area contributed by atoms with E-state index in [1.165, 1.54) is 32.4 Å². The number of rotatable bonds is 4. The van der Waals surface area contributed by atoms with Crippen molar-refractivity contribution >= 4 is 0 Å². The molecular formula is C21H25NO. The van der Waals surface area contributed by atoms with E-state index in [9.17, 15) is 5.11 Å². The van der Waals surface area contributed by atoms with Crippen LogP contribution in [0.4, 0.5) is 0 Å². The van der Waals surface area contributed by atoms with Gasteiger partial charge in [0.1, 0.15) is 5.60 Å². The van der Waals surface area contributed by atoms with E-state index in [-0.39, 0.29) is 0 Å². The molecule has 0 saturated carbocycles. The molecule has 0 unspecified atom stereocenters. The van der Waals surface area contributed by atoms with Gasteiger partial charge in [0.25, 0.3) is 0 Å². The summed E-state index contributed by atoms with van der Waals surface area (Å²) >= 11 is 0. The van der Waals surface area contributed by atoms with Crippen LogP contribution in [0.15, 0.2) is 60.7 Å². The van der Waals surface area contributed by atoms with Gasteiger partial charge in [-0.25, -0.2) is 0 Å². The fourth-order valence-corrected chi connectivity index (χ4v) is 4.64. The Morgan fingerprint density at radius 2 is 1.48 bits per heavy atom. The Hall–Kier alpha value is -1.64. The van der Waals surface area contributed by atoms with Gasteiger partial charge in [0.2, 0.25) is 0 Å². The Labute approximate surface area is 138 Å². The average molecular weight is 307 g/mol.